The van der Waals surface area contributed by atoms with Gasteiger partial charge in [-0.2, -0.15) is 0 Å². The molecule has 0 aliphatic heterocycles. The normalized spacial score (nSPS) is 10.3. The van der Waals surface area contributed by atoms with Crippen molar-refractivity contribution in [3.63, 3.8) is 0 Å². The van der Waals surface area contributed by atoms with Gasteiger partial charge in [0.1, 0.15) is 6.54 Å². The van der Waals surface area contributed by atoms with E-state index in [9.17, 15) is 9.59 Å². The van der Waals surface area contributed by atoms with Crippen LogP contribution in [0.1, 0.15) is 10.6 Å². The fraction of sp³-hybridized carbons (Fsp3) is 0.182. The summed E-state index contributed by atoms with van der Waals surface area (Å²) < 4.78 is 5.31. The smallest absolute Gasteiger partial charge is 0.325 e. The third kappa shape index (κ3) is 2.67. The van der Waals surface area contributed by atoms with Gasteiger partial charge in [-0.25, -0.2) is 4.98 Å². The van der Waals surface area contributed by atoms with Crippen molar-refractivity contribution in [1.82, 2.24) is 15.3 Å². The standard InChI is InChI=1S/C11H10BrN3O3/c1-18-9(16)5-13-11(17)10-14-7-3-2-6(12)4-8(7)15-10/h2-4H,5H2,1H3,(H,13,17)(H,14,15). The highest BCUT2D eigenvalue weighted by atomic mass is 79.9. The van der Waals surface area contributed by atoms with Crippen LogP contribution >= 0.6 is 15.9 Å². The van der Waals surface area contributed by atoms with Gasteiger partial charge in [0.2, 0.25) is 0 Å². The number of halogens is 1. The van der Waals surface area contributed by atoms with E-state index in [1.807, 2.05) is 12.1 Å². The highest BCUT2D eigenvalue weighted by Crippen LogP contribution is 2.17. The van der Waals surface area contributed by atoms with Crippen LogP contribution in [0.4, 0.5) is 0 Å². The van der Waals surface area contributed by atoms with Crippen molar-refractivity contribution in [2.24, 2.45) is 0 Å². The summed E-state index contributed by atoms with van der Waals surface area (Å²) in [5.41, 5.74) is 1.43. The van der Waals surface area contributed by atoms with Crippen molar-refractivity contribution < 1.29 is 14.3 Å². The van der Waals surface area contributed by atoms with Gasteiger partial charge in [-0.1, -0.05) is 15.9 Å². The third-order valence-electron chi connectivity index (χ3n) is 2.28. The second-order valence-electron chi connectivity index (χ2n) is 3.51. The van der Waals surface area contributed by atoms with E-state index < -0.39 is 11.9 Å². The van der Waals surface area contributed by atoms with Crippen LogP contribution in [0.5, 0.6) is 0 Å². The van der Waals surface area contributed by atoms with Crippen LogP contribution in [-0.4, -0.2) is 35.5 Å². The van der Waals surface area contributed by atoms with E-state index >= 15 is 0 Å². The zero-order valence-electron chi connectivity index (χ0n) is 9.49. The number of amides is 1. The molecule has 1 heterocycles. The van der Waals surface area contributed by atoms with Gasteiger partial charge in [0, 0.05) is 4.47 Å². The van der Waals surface area contributed by atoms with Crippen LogP contribution in [0.2, 0.25) is 0 Å². The Labute approximate surface area is 111 Å². The summed E-state index contributed by atoms with van der Waals surface area (Å²) in [4.78, 5) is 29.6. The van der Waals surface area contributed by atoms with Crippen LogP contribution in [0.25, 0.3) is 11.0 Å². The molecule has 2 aromatic rings. The molecule has 1 aromatic carbocycles. The average Bonchev–Trinajstić information content (AvgIpc) is 2.78. The quantitative estimate of drug-likeness (QED) is 0.835. The second kappa shape index (κ2) is 5.18. The maximum Gasteiger partial charge on any atom is 0.325 e. The van der Waals surface area contributed by atoms with Crippen LogP contribution in [0.3, 0.4) is 0 Å². The lowest BCUT2D eigenvalue weighted by atomic mass is 10.3. The van der Waals surface area contributed by atoms with Crippen LogP contribution in [0, 0.1) is 0 Å². The second-order valence-corrected chi connectivity index (χ2v) is 4.42. The summed E-state index contributed by atoms with van der Waals surface area (Å²) >= 11 is 3.33. The number of aromatic amines is 1. The Morgan fingerprint density at radius 2 is 2.28 bits per heavy atom. The van der Waals surface area contributed by atoms with Crippen molar-refractivity contribution in [3.05, 3.63) is 28.5 Å². The molecule has 0 aliphatic rings. The fourth-order valence-electron chi connectivity index (χ4n) is 1.40. The molecular weight excluding hydrogens is 302 g/mol. The Balaban J connectivity index is 2.15. The van der Waals surface area contributed by atoms with E-state index in [2.05, 4.69) is 36.0 Å². The van der Waals surface area contributed by atoms with E-state index in [-0.39, 0.29) is 12.4 Å². The Morgan fingerprint density at radius 3 is 3.00 bits per heavy atom. The predicted molar refractivity (Wildman–Crippen MR) is 68.1 cm³/mol. The first kappa shape index (κ1) is 12.6. The summed E-state index contributed by atoms with van der Waals surface area (Å²) in [7, 11) is 1.26. The molecule has 2 N–H and O–H groups in total. The van der Waals surface area contributed by atoms with Gasteiger partial charge >= 0.3 is 5.97 Å². The number of ether oxygens (including phenoxy) is 1. The van der Waals surface area contributed by atoms with Crippen molar-refractivity contribution in [1.29, 1.82) is 0 Å². The number of aromatic nitrogens is 2. The monoisotopic (exact) mass is 311 g/mol. The molecule has 1 amide bonds. The van der Waals surface area contributed by atoms with Gasteiger partial charge in [0.05, 0.1) is 18.1 Å². The molecule has 0 bridgehead atoms. The number of carbonyl (C=O) groups excluding carboxylic acids is 2. The van der Waals surface area contributed by atoms with Gasteiger partial charge in [-0.05, 0) is 18.2 Å². The topological polar surface area (TPSA) is 84.1 Å². The Bertz CT molecular complexity index is 609. The zero-order chi connectivity index (χ0) is 13.1. The minimum atomic E-state index is -0.512. The molecule has 0 atom stereocenters. The molecule has 0 radical (unpaired) electrons. The summed E-state index contributed by atoms with van der Waals surface area (Å²) in [6.07, 6.45) is 0. The number of hydrogen-bond acceptors (Lipinski definition) is 4. The molecule has 1 aromatic heterocycles. The van der Waals surface area contributed by atoms with Gasteiger partial charge in [-0.3, -0.25) is 9.59 Å². The van der Waals surface area contributed by atoms with Crippen molar-refractivity contribution in [3.8, 4) is 0 Å². The Morgan fingerprint density at radius 1 is 1.50 bits per heavy atom. The lowest BCUT2D eigenvalue weighted by molar-refractivity contribution is -0.139. The maximum absolute atomic E-state index is 11.7. The first-order chi connectivity index (χ1) is 8.60. The van der Waals surface area contributed by atoms with E-state index in [0.717, 1.165) is 9.99 Å². The van der Waals surface area contributed by atoms with Crippen LogP contribution < -0.4 is 5.32 Å². The van der Waals surface area contributed by atoms with Gasteiger partial charge < -0.3 is 15.0 Å². The number of carbonyl (C=O) groups is 2. The first-order valence-corrected chi connectivity index (χ1v) is 5.89. The Kier molecular flexibility index (Phi) is 3.61. The van der Waals surface area contributed by atoms with E-state index in [0.29, 0.717) is 5.52 Å². The molecule has 0 unspecified atom stereocenters. The van der Waals surface area contributed by atoms with Gasteiger partial charge in [0.25, 0.3) is 5.91 Å². The molecule has 18 heavy (non-hydrogen) atoms. The SMILES string of the molecule is COC(=O)CNC(=O)c1nc2ccc(Br)cc2[nH]1. The highest BCUT2D eigenvalue weighted by Gasteiger charge is 2.12. The fourth-order valence-corrected chi connectivity index (χ4v) is 1.76. The van der Waals surface area contributed by atoms with E-state index in [1.54, 1.807) is 6.07 Å². The zero-order valence-corrected chi connectivity index (χ0v) is 11.1. The number of fused-ring (bicyclic) bond motifs is 1. The molecule has 7 heteroatoms. The number of H-pyrrole nitrogens is 1. The lowest BCUT2D eigenvalue weighted by Crippen LogP contribution is -2.30. The minimum Gasteiger partial charge on any atom is -0.468 e. The average molecular weight is 312 g/mol. The van der Waals surface area contributed by atoms with Crippen LogP contribution in [-0.2, 0) is 9.53 Å². The lowest BCUT2D eigenvalue weighted by Gasteiger charge is -2.00. The largest absolute Gasteiger partial charge is 0.468 e. The minimum absolute atomic E-state index is 0.159. The number of benzene rings is 1. The van der Waals surface area contributed by atoms with Gasteiger partial charge in [0.15, 0.2) is 5.82 Å². The number of nitrogens with zero attached hydrogens (tertiary/aromatic N) is 1. The maximum atomic E-state index is 11.7. The number of esters is 1. The molecule has 0 saturated heterocycles. The summed E-state index contributed by atoms with van der Waals surface area (Å²) in [6, 6.07) is 5.44. The molecule has 0 saturated carbocycles. The van der Waals surface area contributed by atoms with E-state index in [1.165, 1.54) is 7.11 Å². The molecule has 0 spiro atoms. The molecule has 6 nitrogen and oxygen atoms in total. The molecule has 94 valence electrons. The number of rotatable bonds is 3. The molecule has 0 aliphatic carbocycles. The van der Waals surface area contributed by atoms with E-state index in [4.69, 9.17) is 0 Å². The highest BCUT2D eigenvalue weighted by molar-refractivity contribution is 9.10. The summed E-state index contributed by atoms with van der Waals surface area (Å²) in [6.45, 7) is -0.184. The summed E-state index contributed by atoms with van der Waals surface area (Å²) in [5.74, 6) is -0.804. The van der Waals surface area contributed by atoms with Crippen molar-refractivity contribution >= 4 is 38.8 Å². The Hall–Kier alpha value is -1.89. The first-order valence-electron chi connectivity index (χ1n) is 5.10. The molecule has 2 rings (SSSR count). The molecular formula is C11H10BrN3O3. The third-order valence-corrected chi connectivity index (χ3v) is 2.77. The predicted octanol–water partition coefficient (Wildman–Crippen LogP) is 1.23. The van der Waals surface area contributed by atoms with Gasteiger partial charge in [-0.15, -0.1) is 0 Å². The number of hydrogen-bond donors (Lipinski definition) is 2. The summed E-state index contributed by atoms with van der Waals surface area (Å²) in [5, 5.41) is 2.41. The number of nitrogens with one attached hydrogen (secondary N) is 2. The van der Waals surface area contributed by atoms with Crippen molar-refractivity contribution in [2.75, 3.05) is 13.7 Å². The number of methoxy groups -OCH3 is 1. The molecule has 0 fully saturated rings. The van der Waals surface area contributed by atoms with Crippen molar-refractivity contribution in [2.45, 2.75) is 0 Å². The number of imidazole rings is 1. The van der Waals surface area contributed by atoms with Crippen LogP contribution in [0.15, 0.2) is 22.7 Å².